The Balaban J connectivity index is 3.59. The van der Waals surface area contributed by atoms with Crippen LogP contribution in [0.25, 0.3) is 0 Å². The summed E-state index contributed by atoms with van der Waals surface area (Å²) in [5.41, 5.74) is -0.547. The van der Waals surface area contributed by atoms with E-state index in [1.807, 2.05) is 0 Å². The van der Waals surface area contributed by atoms with Crippen molar-refractivity contribution in [3.05, 3.63) is 0 Å². The Morgan fingerprint density at radius 2 is 2.00 bits per heavy atom. The highest BCUT2D eigenvalue weighted by Crippen LogP contribution is 2.12. The van der Waals surface area contributed by atoms with Crippen molar-refractivity contribution >= 4 is 23.2 Å². The second-order valence-corrected chi connectivity index (χ2v) is 4.11. The molecule has 0 unspecified atom stereocenters. The standard InChI is InChI=1S/C7H13NO4S/c1-7(2,3)12-6(11)13-8-4-5(9)10/h8H,4H2,1-3H3,(H,9,10). The van der Waals surface area contributed by atoms with E-state index in [-0.39, 0.29) is 6.54 Å². The number of carboxylic acids is 1. The SMILES string of the molecule is CC(C)(C)OC(=O)SNCC(=O)O. The molecule has 76 valence electrons. The zero-order valence-corrected chi connectivity index (χ0v) is 8.60. The van der Waals surface area contributed by atoms with Gasteiger partial charge in [0.05, 0.1) is 0 Å². The van der Waals surface area contributed by atoms with Gasteiger partial charge in [-0.3, -0.25) is 4.79 Å². The second kappa shape index (κ2) is 5.08. The molecule has 0 aromatic heterocycles. The molecule has 0 radical (unpaired) electrons. The molecular weight excluding hydrogens is 194 g/mol. The van der Waals surface area contributed by atoms with Crippen molar-refractivity contribution in [2.45, 2.75) is 26.4 Å². The average molecular weight is 207 g/mol. The fourth-order valence-electron chi connectivity index (χ4n) is 0.428. The third-order valence-corrected chi connectivity index (χ3v) is 1.31. The molecule has 0 aliphatic carbocycles. The Hall–Kier alpha value is -0.750. The highest BCUT2D eigenvalue weighted by molar-refractivity contribution is 8.11. The molecule has 0 saturated heterocycles. The topological polar surface area (TPSA) is 75.6 Å². The van der Waals surface area contributed by atoms with E-state index in [4.69, 9.17) is 9.84 Å². The van der Waals surface area contributed by atoms with E-state index in [1.54, 1.807) is 20.8 Å². The fraction of sp³-hybridized carbons (Fsp3) is 0.714. The van der Waals surface area contributed by atoms with Crippen LogP contribution in [-0.2, 0) is 9.53 Å². The zero-order valence-electron chi connectivity index (χ0n) is 7.79. The van der Waals surface area contributed by atoms with Crippen molar-refractivity contribution in [3.8, 4) is 0 Å². The molecule has 0 amide bonds. The van der Waals surface area contributed by atoms with Crippen LogP contribution in [0.1, 0.15) is 20.8 Å². The molecule has 0 fully saturated rings. The van der Waals surface area contributed by atoms with Crippen molar-refractivity contribution in [2.75, 3.05) is 6.54 Å². The molecule has 0 atom stereocenters. The fourth-order valence-corrected chi connectivity index (χ4v) is 1.03. The maximum absolute atomic E-state index is 10.9. The Kier molecular flexibility index (Phi) is 4.79. The average Bonchev–Trinajstić information content (AvgIpc) is 1.81. The highest BCUT2D eigenvalue weighted by Gasteiger charge is 2.16. The Morgan fingerprint density at radius 3 is 2.38 bits per heavy atom. The summed E-state index contributed by atoms with van der Waals surface area (Å²) in [6.45, 7) is 4.94. The van der Waals surface area contributed by atoms with Gasteiger partial charge in [-0.05, 0) is 20.8 Å². The van der Waals surface area contributed by atoms with Crippen LogP contribution in [-0.4, -0.2) is 28.5 Å². The number of carbonyl (C=O) groups excluding carboxylic acids is 1. The number of hydrogen-bond acceptors (Lipinski definition) is 5. The summed E-state index contributed by atoms with van der Waals surface area (Å²) in [7, 11) is 0. The molecule has 0 spiro atoms. The number of carboxylic acid groups (broad SMARTS) is 1. The lowest BCUT2D eigenvalue weighted by Gasteiger charge is -2.18. The van der Waals surface area contributed by atoms with Gasteiger partial charge in [-0.1, -0.05) is 0 Å². The lowest BCUT2D eigenvalue weighted by molar-refractivity contribution is -0.135. The highest BCUT2D eigenvalue weighted by atomic mass is 32.2. The second-order valence-electron chi connectivity index (χ2n) is 3.28. The van der Waals surface area contributed by atoms with Crippen molar-refractivity contribution in [2.24, 2.45) is 0 Å². The Bertz CT molecular complexity index is 199. The summed E-state index contributed by atoms with van der Waals surface area (Å²) in [6, 6.07) is 0. The molecule has 2 N–H and O–H groups in total. The summed E-state index contributed by atoms with van der Waals surface area (Å²) in [4.78, 5) is 21.0. The van der Waals surface area contributed by atoms with Gasteiger partial charge >= 0.3 is 11.3 Å². The van der Waals surface area contributed by atoms with Crippen molar-refractivity contribution in [1.82, 2.24) is 4.72 Å². The Morgan fingerprint density at radius 1 is 1.46 bits per heavy atom. The molecule has 0 aliphatic heterocycles. The van der Waals surface area contributed by atoms with Crippen LogP contribution in [0.15, 0.2) is 0 Å². The van der Waals surface area contributed by atoms with Gasteiger partial charge in [0.1, 0.15) is 12.1 Å². The molecule has 0 heterocycles. The van der Waals surface area contributed by atoms with Gasteiger partial charge in [-0.2, -0.15) is 0 Å². The number of rotatable bonds is 3. The normalized spacial score (nSPS) is 11.0. The molecule has 6 heteroatoms. The molecular formula is C7H13NO4S. The predicted molar refractivity (Wildman–Crippen MR) is 49.5 cm³/mol. The van der Waals surface area contributed by atoms with E-state index < -0.39 is 16.9 Å². The summed E-state index contributed by atoms with van der Waals surface area (Å²) in [5.74, 6) is -1.02. The number of aliphatic carboxylic acids is 1. The third-order valence-electron chi connectivity index (χ3n) is 0.768. The first kappa shape index (κ1) is 12.2. The van der Waals surface area contributed by atoms with Crippen LogP contribution < -0.4 is 4.72 Å². The molecule has 5 nitrogen and oxygen atoms in total. The summed E-state index contributed by atoms with van der Waals surface area (Å²) in [6.07, 6.45) is 0. The lowest BCUT2D eigenvalue weighted by atomic mass is 10.2. The molecule has 0 aliphatic rings. The first-order valence-corrected chi connectivity index (χ1v) is 4.47. The molecule has 0 saturated carbocycles. The molecule has 0 rings (SSSR count). The minimum Gasteiger partial charge on any atom is -0.480 e. The first-order valence-electron chi connectivity index (χ1n) is 3.66. The summed E-state index contributed by atoms with van der Waals surface area (Å²) >= 11 is 0.640. The number of carbonyl (C=O) groups is 2. The first-order chi connectivity index (χ1) is 5.81. The Labute approximate surface area is 81.0 Å². The minimum absolute atomic E-state index is 0.274. The van der Waals surface area contributed by atoms with Crippen molar-refractivity contribution in [1.29, 1.82) is 0 Å². The molecule has 13 heavy (non-hydrogen) atoms. The maximum atomic E-state index is 10.9. The van der Waals surface area contributed by atoms with E-state index in [2.05, 4.69) is 4.72 Å². The predicted octanol–water partition coefficient (Wildman–Crippen LogP) is 1.24. The van der Waals surface area contributed by atoms with E-state index in [1.165, 1.54) is 0 Å². The monoisotopic (exact) mass is 207 g/mol. The van der Waals surface area contributed by atoms with Crippen molar-refractivity contribution in [3.63, 3.8) is 0 Å². The summed E-state index contributed by atoms with van der Waals surface area (Å²) < 4.78 is 7.24. The molecule has 0 aromatic carbocycles. The van der Waals surface area contributed by atoms with Gasteiger partial charge in [-0.25, -0.2) is 9.52 Å². The van der Waals surface area contributed by atoms with E-state index >= 15 is 0 Å². The van der Waals surface area contributed by atoms with E-state index in [0.29, 0.717) is 11.9 Å². The number of nitrogens with one attached hydrogen (secondary N) is 1. The van der Waals surface area contributed by atoms with Crippen molar-refractivity contribution < 1.29 is 19.4 Å². The van der Waals surface area contributed by atoms with Crippen LogP contribution in [0, 0.1) is 0 Å². The minimum atomic E-state index is -1.02. The van der Waals surface area contributed by atoms with Gasteiger partial charge < -0.3 is 9.84 Å². The maximum Gasteiger partial charge on any atom is 0.383 e. The largest absolute Gasteiger partial charge is 0.480 e. The van der Waals surface area contributed by atoms with E-state index in [9.17, 15) is 9.59 Å². The number of ether oxygens (including phenoxy) is 1. The van der Waals surface area contributed by atoms with Gasteiger partial charge in [0.15, 0.2) is 0 Å². The third kappa shape index (κ3) is 9.16. The smallest absolute Gasteiger partial charge is 0.383 e. The molecule has 0 bridgehead atoms. The lowest BCUT2D eigenvalue weighted by Crippen LogP contribution is -2.24. The van der Waals surface area contributed by atoms with Gasteiger partial charge in [0, 0.05) is 11.9 Å². The van der Waals surface area contributed by atoms with Gasteiger partial charge in [0.2, 0.25) is 0 Å². The van der Waals surface area contributed by atoms with Crippen LogP contribution in [0.2, 0.25) is 0 Å². The van der Waals surface area contributed by atoms with Crippen LogP contribution >= 0.6 is 11.9 Å². The molecule has 0 aromatic rings. The van der Waals surface area contributed by atoms with Crippen LogP contribution in [0.4, 0.5) is 4.79 Å². The zero-order chi connectivity index (χ0) is 10.5. The van der Waals surface area contributed by atoms with E-state index in [0.717, 1.165) is 0 Å². The number of hydrogen-bond donors (Lipinski definition) is 2. The quantitative estimate of drug-likeness (QED) is 0.535. The summed E-state index contributed by atoms with van der Waals surface area (Å²) in [5, 5.41) is 7.70. The van der Waals surface area contributed by atoms with Gasteiger partial charge in [0.25, 0.3) is 0 Å². The van der Waals surface area contributed by atoms with Crippen LogP contribution in [0.3, 0.4) is 0 Å². The van der Waals surface area contributed by atoms with Gasteiger partial charge in [-0.15, -0.1) is 0 Å². The van der Waals surface area contributed by atoms with Crippen LogP contribution in [0.5, 0.6) is 0 Å².